The van der Waals surface area contributed by atoms with Crippen molar-refractivity contribution in [3.05, 3.63) is 29.6 Å². The first kappa shape index (κ1) is 14.1. The summed E-state index contributed by atoms with van der Waals surface area (Å²) in [7, 11) is 2.16. The molecule has 1 aromatic heterocycles. The highest BCUT2D eigenvalue weighted by atomic mass is 15.1. The second kappa shape index (κ2) is 7.41. The van der Waals surface area contributed by atoms with Crippen LogP contribution in [0.5, 0.6) is 0 Å². The van der Waals surface area contributed by atoms with Crippen molar-refractivity contribution in [2.24, 2.45) is 0 Å². The zero-order chi connectivity index (χ0) is 12.7. The van der Waals surface area contributed by atoms with Gasteiger partial charge in [0, 0.05) is 18.3 Å². The number of nitrogens with one attached hydrogen (secondary N) is 1. The van der Waals surface area contributed by atoms with Crippen LogP contribution in [0.15, 0.2) is 18.2 Å². The second-order valence-corrected chi connectivity index (χ2v) is 4.76. The molecule has 0 bridgehead atoms. The number of rotatable bonds is 7. The summed E-state index contributed by atoms with van der Waals surface area (Å²) < 4.78 is 0. The van der Waals surface area contributed by atoms with Crippen LogP contribution in [0, 0.1) is 6.92 Å². The summed E-state index contributed by atoms with van der Waals surface area (Å²) >= 11 is 0. The van der Waals surface area contributed by atoms with Crippen molar-refractivity contribution < 1.29 is 0 Å². The summed E-state index contributed by atoms with van der Waals surface area (Å²) in [4.78, 5) is 6.85. The summed E-state index contributed by atoms with van der Waals surface area (Å²) in [6.07, 6.45) is 1.18. The van der Waals surface area contributed by atoms with Gasteiger partial charge in [0.2, 0.25) is 0 Å². The van der Waals surface area contributed by atoms with E-state index in [-0.39, 0.29) is 0 Å². The molecule has 0 aliphatic rings. The van der Waals surface area contributed by atoms with Crippen LogP contribution in [0.25, 0.3) is 0 Å². The Morgan fingerprint density at radius 2 is 2.18 bits per heavy atom. The van der Waals surface area contributed by atoms with E-state index in [1.165, 1.54) is 6.42 Å². The normalized spacial score (nSPS) is 13.0. The van der Waals surface area contributed by atoms with Crippen LogP contribution in [-0.4, -0.2) is 36.1 Å². The molecule has 0 spiro atoms. The van der Waals surface area contributed by atoms with Gasteiger partial charge in [-0.25, -0.2) is 0 Å². The van der Waals surface area contributed by atoms with Crippen LogP contribution in [0.3, 0.4) is 0 Å². The SMILES string of the molecule is CCNC(C)CCN(C)Cc1cccc(C)n1. The van der Waals surface area contributed by atoms with E-state index in [0.29, 0.717) is 6.04 Å². The summed E-state index contributed by atoms with van der Waals surface area (Å²) in [6, 6.07) is 6.80. The summed E-state index contributed by atoms with van der Waals surface area (Å²) in [5.41, 5.74) is 2.25. The van der Waals surface area contributed by atoms with Crippen molar-refractivity contribution in [2.75, 3.05) is 20.1 Å². The lowest BCUT2D eigenvalue weighted by molar-refractivity contribution is 0.301. The van der Waals surface area contributed by atoms with E-state index in [4.69, 9.17) is 0 Å². The van der Waals surface area contributed by atoms with Gasteiger partial charge in [-0.15, -0.1) is 0 Å². The molecule has 3 nitrogen and oxygen atoms in total. The van der Waals surface area contributed by atoms with Crippen LogP contribution in [0.2, 0.25) is 0 Å². The van der Waals surface area contributed by atoms with Crippen LogP contribution in [0.1, 0.15) is 31.7 Å². The molecule has 96 valence electrons. The van der Waals surface area contributed by atoms with Crippen LogP contribution >= 0.6 is 0 Å². The van der Waals surface area contributed by atoms with Gasteiger partial charge in [-0.05, 0) is 52.5 Å². The monoisotopic (exact) mass is 235 g/mol. The van der Waals surface area contributed by atoms with Gasteiger partial charge >= 0.3 is 0 Å². The Morgan fingerprint density at radius 1 is 1.41 bits per heavy atom. The minimum atomic E-state index is 0.591. The van der Waals surface area contributed by atoms with Gasteiger partial charge in [-0.3, -0.25) is 4.98 Å². The lowest BCUT2D eigenvalue weighted by Crippen LogP contribution is -2.30. The summed E-state index contributed by atoms with van der Waals surface area (Å²) in [5.74, 6) is 0. The molecule has 17 heavy (non-hydrogen) atoms. The molecule has 0 saturated heterocycles. The fourth-order valence-electron chi connectivity index (χ4n) is 1.91. The van der Waals surface area contributed by atoms with Gasteiger partial charge in [0.25, 0.3) is 0 Å². The third-order valence-electron chi connectivity index (χ3n) is 2.87. The maximum atomic E-state index is 4.52. The topological polar surface area (TPSA) is 28.2 Å². The van der Waals surface area contributed by atoms with Crippen molar-refractivity contribution in [1.82, 2.24) is 15.2 Å². The van der Waals surface area contributed by atoms with Crippen molar-refractivity contribution in [1.29, 1.82) is 0 Å². The van der Waals surface area contributed by atoms with Gasteiger partial charge in [-0.1, -0.05) is 13.0 Å². The number of hydrogen-bond donors (Lipinski definition) is 1. The Balaban J connectivity index is 2.32. The number of aryl methyl sites for hydroxylation is 1. The predicted octanol–water partition coefficient (Wildman–Crippen LogP) is 2.21. The third kappa shape index (κ3) is 5.80. The van der Waals surface area contributed by atoms with E-state index in [0.717, 1.165) is 31.0 Å². The highest BCUT2D eigenvalue weighted by Gasteiger charge is 2.04. The fourth-order valence-corrected chi connectivity index (χ4v) is 1.91. The maximum absolute atomic E-state index is 4.52. The molecule has 1 N–H and O–H groups in total. The molecule has 0 fully saturated rings. The van der Waals surface area contributed by atoms with Gasteiger partial charge in [0.15, 0.2) is 0 Å². The van der Waals surface area contributed by atoms with Gasteiger partial charge in [-0.2, -0.15) is 0 Å². The molecule has 0 aliphatic carbocycles. The molecular formula is C14H25N3. The second-order valence-electron chi connectivity index (χ2n) is 4.76. The van der Waals surface area contributed by atoms with Crippen molar-refractivity contribution in [3.8, 4) is 0 Å². The van der Waals surface area contributed by atoms with Gasteiger partial charge in [0.1, 0.15) is 0 Å². The molecule has 1 atom stereocenters. The Kier molecular flexibility index (Phi) is 6.16. The molecule has 1 heterocycles. The number of hydrogen-bond acceptors (Lipinski definition) is 3. The van der Waals surface area contributed by atoms with E-state index in [9.17, 15) is 0 Å². The fraction of sp³-hybridized carbons (Fsp3) is 0.643. The molecule has 0 radical (unpaired) electrons. The average Bonchev–Trinajstić information content (AvgIpc) is 2.27. The zero-order valence-electron chi connectivity index (χ0n) is 11.5. The molecule has 1 aromatic rings. The minimum Gasteiger partial charge on any atom is -0.314 e. The van der Waals surface area contributed by atoms with Crippen LogP contribution < -0.4 is 5.32 Å². The van der Waals surface area contributed by atoms with E-state index in [2.05, 4.69) is 48.2 Å². The third-order valence-corrected chi connectivity index (χ3v) is 2.87. The standard InChI is InChI=1S/C14H25N3/c1-5-15-12(2)9-10-17(4)11-14-8-6-7-13(3)16-14/h6-8,12,15H,5,9-11H2,1-4H3. The van der Waals surface area contributed by atoms with Gasteiger partial charge in [0.05, 0.1) is 5.69 Å². The number of nitrogens with zero attached hydrogens (tertiary/aromatic N) is 2. The molecule has 0 aromatic carbocycles. The molecule has 1 unspecified atom stereocenters. The highest BCUT2D eigenvalue weighted by Crippen LogP contribution is 2.03. The first-order chi connectivity index (χ1) is 8.11. The van der Waals surface area contributed by atoms with E-state index >= 15 is 0 Å². The van der Waals surface area contributed by atoms with E-state index in [1.54, 1.807) is 0 Å². The highest BCUT2D eigenvalue weighted by molar-refractivity contribution is 5.09. The molecule has 0 saturated carbocycles. The van der Waals surface area contributed by atoms with Gasteiger partial charge < -0.3 is 10.2 Å². The largest absolute Gasteiger partial charge is 0.314 e. The molecular weight excluding hydrogens is 210 g/mol. The molecule has 0 amide bonds. The lowest BCUT2D eigenvalue weighted by atomic mass is 10.2. The smallest absolute Gasteiger partial charge is 0.0547 e. The minimum absolute atomic E-state index is 0.591. The molecule has 0 aliphatic heterocycles. The Morgan fingerprint density at radius 3 is 2.82 bits per heavy atom. The quantitative estimate of drug-likeness (QED) is 0.785. The zero-order valence-corrected chi connectivity index (χ0v) is 11.5. The Bertz CT molecular complexity index is 325. The van der Waals surface area contributed by atoms with Crippen LogP contribution in [-0.2, 0) is 6.54 Å². The summed E-state index contributed by atoms with van der Waals surface area (Å²) in [6.45, 7) is 9.50. The molecule has 3 heteroatoms. The van der Waals surface area contributed by atoms with Crippen molar-refractivity contribution in [2.45, 2.75) is 39.8 Å². The average molecular weight is 235 g/mol. The Hall–Kier alpha value is -0.930. The lowest BCUT2D eigenvalue weighted by Gasteiger charge is -2.19. The Labute approximate surface area is 105 Å². The van der Waals surface area contributed by atoms with Crippen molar-refractivity contribution in [3.63, 3.8) is 0 Å². The number of aromatic nitrogens is 1. The number of pyridine rings is 1. The first-order valence-electron chi connectivity index (χ1n) is 6.46. The summed E-state index contributed by atoms with van der Waals surface area (Å²) in [5, 5.41) is 3.43. The maximum Gasteiger partial charge on any atom is 0.0547 e. The first-order valence-corrected chi connectivity index (χ1v) is 6.46. The molecule has 1 rings (SSSR count). The van der Waals surface area contributed by atoms with Crippen LogP contribution in [0.4, 0.5) is 0 Å². The van der Waals surface area contributed by atoms with Crippen molar-refractivity contribution >= 4 is 0 Å². The predicted molar refractivity (Wildman–Crippen MR) is 73.1 cm³/mol. The van der Waals surface area contributed by atoms with E-state index < -0.39 is 0 Å². The van der Waals surface area contributed by atoms with E-state index in [1.807, 2.05) is 13.0 Å².